The Morgan fingerprint density at radius 1 is 1.32 bits per heavy atom. The van der Waals surface area contributed by atoms with E-state index in [-0.39, 0.29) is 25.5 Å². The number of nitrogens with zero attached hydrogens (tertiary/aromatic N) is 1. The van der Waals surface area contributed by atoms with Crippen molar-refractivity contribution in [2.45, 2.75) is 38.7 Å². The Hall–Kier alpha value is -2.39. The largest absolute Gasteiger partial charge is 0.344 e. The van der Waals surface area contributed by atoms with E-state index in [4.69, 9.17) is 4.89 Å². The highest BCUT2D eigenvalue weighted by Gasteiger charge is 2.22. The van der Waals surface area contributed by atoms with Gasteiger partial charge in [-0.1, -0.05) is 32.3 Å². The first kappa shape index (κ1) is 20.7. The Kier molecular flexibility index (Phi) is 9.95. The molecule has 1 unspecified atom stereocenters. The van der Waals surface area contributed by atoms with Crippen molar-refractivity contribution >= 4 is 18.2 Å². The van der Waals surface area contributed by atoms with Crippen LogP contribution < -0.4 is 10.6 Å². The van der Waals surface area contributed by atoms with Crippen LogP contribution in [0.3, 0.4) is 0 Å². The minimum Gasteiger partial charge on any atom is -0.344 e. The summed E-state index contributed by atoms with van der Waals surface area (Å²) < 4.78 is 0. The molecule has 0 radical (unpaired) electrons. The molecular weight excluding hydrogens is 330 g/mol. The Labute approximate surface area is 146 Å². The number of carbonyl (C=O) groups is 3. The van der Waals surface area contributed by atoms with Crippen LogP contribution in [0.25, 0.3) is 0 Å². The zero-order valence-corrected chi connectivity index (χ0v) is 14.2. The first-order valence-corrected chi connectivity index (χ1v) is 8.20. The molecule has 0 aromatic carbocycles. The van der Waals surface area contributed by atoms with E-state index in [1.807, 2.05) is 6.92 Å². The van der Waals surface area contributed by atoms with Crippen LogP contribution in [0.5, 0.6) is 0 Å². The first-order valence-electron chi connectivity index (χ1n) is 8.20. The SMILES string of the molecule is CCCCC[C@H](CN(O)C=O)C(=O)NCNC(=O)C1C=CC=COO1. The molecule has 1 aliphatic rings. The van der Waals surface area contributed by atoms with Crippen LogP contribution in [-0.2, 0) is 24.2 Å². The van der Waals surface area contributed by atoms with Gasteiger partial charge in [0.05, 0.1) is 19.1 Å². The van der Waals surface area contributed by atoms with Gasteiger partial charge in [0.25, 0.3) is 5.91 Å². The second-order valence-corrected chi connectivity index (χ2v) is 5.51. The molecule has 1 heterocycles. The molecule has 25 heavy (non-hydrogen) atoms. The van der Waals surface area contributed by atoms with Crippen LogP contribution in [0.4, 0.5) is 0 Å². The fourth-order valence-corrected chi connectivity index (χ4v) is 2.18. The van der Waals surface area contributed by atoms with Crippen molar-refractivity contribution in [1.82, 2.24) is 15.7 Å². The highest BCUT2D eigenvalue weighted by atomic mass is 17.2. The lowest BCUT2D eigenvalue weighted by Gasteiger charge is -2.20. The maximum absolute atomic E-state index is 12.2. The van der Waals surface area contributed by atoms with Gasteiger partial charge >= 0.3 is 0 Å². The van der Waals surface area contributed by atoms with E-state index in [0.29, 0.717) is 11.5 Å². The highest BCUT2D eigenvalue weighted by Crippen LogP contribution is 2.11. The second-order valence-electron chi connectivity index (χ2n) is 5.51. The van der Waals surface area contributed by atoms with Crippen molar-refractivity contribution in [1.29, 1.82) is 0 Å². The topological polar surface area (TPSA) is 117 Å². The average molecular weight is 355 g/mol. The number of unbranched alkanes of at least 4 members (excludes halogenated alkanes) is 2. The molecule has 0 saturated carbocycles. The zero-order valence-electron chi connectivity index (χ0n) is 14.2. The molecule has 2 atom stereocenters. The maximum atomic E-state index is 12.2. The smallest absolute Gasteiger partial charge is 0.259 e. The molecule has 0 aromatic rings. The molecule has 9 nitrogen and oxygen atoms in total. The fourth-order valence-electron chi connectivity index (χ4n) is 2.18. The summed E-state index contributed by atoms with van der Waals surface area (Å²) in [5, 5.41) is 14.8. The molecule has 140 valence electrons. The molecule has 0 fully saturated rings. The summed E-state index contributed by atoms with van der Waals surface area (Å²) in [6.07, 6.45) is 8.59. The van der Waals surface area contributed by atoms with Crippen molar-refractivity contribution in [3.63, 3.8) is 0 Å². The maximum Gasteiger partial charge on any atom is 0.259 e. The Balaban J connectivity index is 2.41. The van der Waals surface area contributed by atoms with Crippen LogP contribution in [-0.4, -0.2) is 47.8 Å². The molecule has 0 aromatic heterocycles. The van der Waals surface area contributed by atoms with Gasteiger partial charge in [-0.2, -0.15) is 4.89 Å². The molecule has 1 aliphatic heterocycles. The summed E-state index contributed by atoms with van der Waals surface area (Å²) in [6, 6.07) is 0. The van der Waals surface area contributed by atoms with Gasteiger partial charge in [-0.25, -0.2) is 5.06 Å². The minimum atomic E-state index is -0.921. The van der Waals surface area contributed by atoms with Gasteiger partial charge in [0.1, 0.15) is 6.26 Å². The Morgan fingerprint density at radius 2 is 2.12 bits per heavy atom. The van der Waals surface area contributed by atoms with E-state index in [1.54, 1.807) is 12.2 Å². The fraction of sp³-hybridized carbons (Fsp3) is 0.562. The van der Waals surface area contributed by atoms with Gasteiger partial charge in [0.15, 0.2) is 0 Å². The third-order valence-corrected chi connectivity index (χ3v) is 3.53. The predicted molar refractivity (Wildman–Crippen MR) is 87.6 cm³/mol. The molecule has 0 aliphatic carbocycles. The van der Waals surface area contributed by atoms with Crippen LogP contribution >= 0.6 is 0 Å². The number of carbonyl (C=O) groups excluding carboxylic acids is 3. The Morgan fingerprint density at radius 3 is 2.84 bits per heavy atom. The number of amides is 3. The van der Waals surface area contributed by atoms with E-state index >= 15 is 0 Å². The summed E-state index contributed by atoms with van der Waals surface area (Å²) in [7, 11) is 0. The summed E-state index contributed by atoms with van der Waals surface area (Å²) in [4.78, 5) is 44.1. The van der Waals surface area contributed by atoms with Gasteiger partial charge in [0, 0.05) is 0 Å². The first-order chi connectivity index (χ1) is 12.1. The predicted octanol–water partition coefficient (Wildman–Crippen LogP) is 0.621. The van der Waals surface area contributed by atoms with Crippen LogP contribution in [0.15, 0.2) is 24.5 Å². The van der Waals surface area contributed by atoms with Crippen molar-refractivity contribution < 1.29 is 29.4 Å². The molecule has 0 saturated heterocycles. The molecule has 3 N–H and O–H groups in total. The number of allylic oxidation sites excluding steroid dienone is 2. The number of hydrogen-bond acceptors (Lipinski definition) is 6. The molecule has 3 amide bonds. The lowest BCUT2D eigenvalue weighted by molar-refractivity contribution is -0.264. The van der Waals surface area contributed by atoms with E-state index in [1.165, 1.54) is 12.3 Å². The summed E-state index contributed by atoms with van der Waals surface area (Å²) in [5.74, 6) is -1.38. The number of nitrogens with one attached hydrogen (secondary N) is 2. The number of rotatable bonds is 11. The van der Waals surface area contributed by atoms with Crippen molar-refractivity contribution in [2.24, 2.45) is 5.92 Å². The second kappa shape index (κ2) is 12.0. The van der Waals surface area contributed by atoms with Crippen molar-refractivity contribution in [3.05, 3.63) is 24.5 Å². The van der Waals surface area contributed by atoms with E-state index in [9.17, 15) is 19.6 Å². The third kappa shape index (κ3) is 8.32. The molecular formula is C16H25N3O6. The zero-order chi connectivity index (χ0) is 18.5. The van der Waals surface area contributed by atoms with Gasteiger partial charge in [0.2, 0.25) is 18.4 Å². The number of hydroxylamine groups is 2. The molecule has 1 rings (SSSR count). The monoisotopic (exact) mass is 355 g/mol. The normalized spacial score (nSPS) is 17.1. The highest BCUT2D eigenvalue weighted by molar-refractivity contribution is 5.83. The van der Waals surface area contributed by atoms with E-state index in [0.717, 1.165) is 19.3 Å². The van der Waals surface area contributed by atoms with Gasteiger partial charge in [-0.05, 0) is 18.6 Å². The van der Waals surface area contributed by atoms with Crippen molar-refractivity contribution in [3.8, 4) is 0 Å². The molecule has 9 heteroatoms. The molecule has 0 spiro atoms. The van der Waals surface area contributed by atoms with Crippen LogP contribution in [0, 0.1) is 5.92 Å². The quantitative estimate of drug-likeness (QED) is 0.125. The number of hydrogen-bond donors (Lipinski definition) is 3. The Bertz CT molecular complexity index is 494. The van der Waals surface area contributed by atoms with Crippen molar-refractivity contribution in [2.75, 3.05) is 13.2 Å². The van der Waals surface area contributed by atoms with Gasteiger partial charge < -0.3 is 15.5 Å². The average Bonchev–Trinajstić information content (AvgIpc) is 2.90. The summed E-state index contributed by atoms with van der Waals surface area (Å²) in [5.41, 5.74) is 0. The molecule has 0 bridgehead atoms. The van der Waals surface area contributed by atoms with E-state index in [2.05, 4.69) is 15.5 Å². The third-order valence-electron chi connectivity index (χ3n) is 3.53. The summed E-state index contributed by atoms with van der Waals surface area (Å²) >= 11 is 0. The van der Waals surface area contributed by atoms with E-state index < -0.39 is 17.9 Å². The van der Waals surface area contributed by atoms with Gasteiger partial charge in [-0.15, -0.1) is 0 Å². The lowest BCUT2D eigenvalue weighted by Crippen LogP contribution is -2.45. The van der Waals surface area contributed by atoms with Crippen LogP contribution in [0.2, 0.25) is 0 Å². The van der Waals surface area contributed by atoms with Crippen LogP contribution in [0.1, 0.15) is 32.6 Å². The minimum absolute atomic E-state index is 0.0963. The lowest BCUT2D eigenvalue weighted by atomic mass is 10.0. The summed E-state index contributed by atoms with van der Waals surface area (Å²) in [6.45, 7) is 1.84. The standard InChI is InChI=1S/C16H25N3O6/c1-2-3-4-7-13(10-19(23)12-20)15(21)17-11-18-16(22)14-8-5-6-9-24-25-14/h5-6,8-9,12-14,23H,2-4,7,10-11H2,1H3,(H,17,21)(H,18,22)/t13-,14?/m1/s1. The van der Waals surface area contributed by atoms with Gasteiger partial charge in [-0.3, -0.25) is 19.6 Å².